The summed E-state index contributed by atoms with van der Waals surface area (Å²) in [7, 11) is 0. The second-order valence-corrected chi connectivity index (χ2v) is 7.40. The van der Waals surface area contributed by atoms with E-state index in [4.69, 9.17) is 22.1 Å². The van der Waals surface area contributed by atoms with Crippen LogP contribution < -0.4 is 15.8 Å². The van der Waals surface area contributed by atoms with Crippen LogP contribution in [0.4, 0.5) is 10.1 Å². The molecule has 0 saturated heterocycles. The first kappa shape index (κ1) is 21.3. The molecule has 3 aromatic carbocycles. The summed E-state index contributed by atoms with van der Waals surface area (Å²) in [5, 5.41) is 3.95. The lowest BCUT2D eigenvalue weighted by molar-refractivity contribution is -0.119. The van der Waals surface area contributed by atoms with Crippen molar-refractivity contribution in [3.8, 4) is 17.0 Å². The van der Waals surface area contributed by atoms with Gasteiger partial charge in [-0.1, -0.05) is 23.7 Å². The average molecular weight is 450 g/mol. The Bertz CT molecular complexity index is 1310. The van der Waals surface area contributed by atoms with Gasteiger partial charge in [-0.25, -0.2) is 9.37 Å². The van der Waals surface area contributed by atoms with Gasteiger partial charge in [0.15, 0.2) is 6.61 Å². The second kappa shape index (κ2) is 9.03. The summed E-state index contributed by atoms with van der Waals surface area (Å²) in [6, 6.07) is 19.2. The van der Waals surface area contributed by atoms with Crippen LogP contribution in [0.1, 0.15) is 10.4 Å². The number of aromatic nitrogens is 1. The molecule has 160 valence electrons. The highest BCUT2D eigenvalue weighted by Gasteiger charge is 2.13. The molecule has 0 fully saturated rings. The van der Waals surface area contributed by atoms with Crippen LogP contribution >= 0.6 is 11.6 Å². The molecule has 0 radical (unpaired) electrons. The molecule has 0 spiro atoms. The fourth-order valence-electron chi connectivity index (χ4n) is 3.11. The van der Waals surface area contributed by atoms with Gasteiger partial charge in [0.25, 0.3) is 11.8 Å². The summed E-state index contributed by atoms with van der Waals surface area (Å²) < 4.78 is 18.7. The number of nitrogens with two attached hydrogens (primary N) is 1. The van der Waals surface area contributed by atoms with Crippen LogP contribution in [0, 0.1) is 5.82 Å². The molecule has 0 aliphatic rings. The van der Waals surface area contributed by atoms with E-state index < -0.39 is 17.6 Å². The van der Waals surface area contributed by atoms with E-state index in [1.807, 2.05) is 12.1 Å². The molecule has 0 atom stereocenters. The molecule has 32 heavy (non-hydrogen) atoms. The molecule has 4 aromatic rings. The van der Waals surface area contributed by atoms with Gasteiger partial charge >= 0.3 is 0 Å². The smallest absolute Gasteiger partial charge is 0.255 e. The van der Waals surface area contributed by atoms with Crippen molar-refractivity contribution in [2.75, 3.05) is 11.9 Å². The van der Waals surface area contributed by atoms with E-state index in [1.165, 1.54) is 24.3 Å². The zero-order chi connectivity index (χ0) is 22.7. The van der Waals surface area contributed by atoms with Gasteiger partial charge in [-0.3, -0.25) is 9.59 Å². The third kappa shape index (κ3) is 4.84. The summed E-state index contributed by atoms with van der Waals surface area (Å²) in [5.41, 5.74) is 8.07. The first-order valence-corrected chi connectivity index (χ1v) is 9.95. The Morgan fingerprint density at radius 3 is 2.41 bits per heavy atom. The lowest BCUT2D eigenvalue weighted by atomic mass is 10.1. The van der Waals surface area contributed by atoms with Gasteiger partial charge in [0.05, 0.1) is 11.2 Å². The van der Waals surface area contributed by atoms with Gasteiger partial charge in [0.2, 0.25) is 0 Å². The van der Waals surface area contributed by atoms with Gasteiger partial charge in [-0.2, -0.15) is 0 Å². The summed E-state index contributed by atoms with van der Waals surface area (Å²) in [5.74, 6) is -1.05. The molecule has 2 amide bonds. The SMILES string of the molecule is NC(=O)COc1cc(-c2ccc(Cl)cc2)nc2ccc(NC(=O)c3ccc(F)cc3)cc12. The predicted octanol–water partition coefficient (Wildman–Crippen LogP) is 4.81. The average Bonchev–Trinajstić information content (AvgIpc) is 2.78. The Balaban J connectivity index is 1.71. The quantitative estimate of drug-likeness (QED) is 0.441. The van der Waals surface area contributed by atoms with E-state index >= 15 is 0 Å². The van der Waals surface area contributed by atoms with Gasteiger partial charge < -0.3 is 15.8 Å². The molecular weight excluding hydrogens is 433 g/mol. The van der Waals surface area contributed by atoms with Crippen molar-refractivity contribution in [2.24, 2.45) is 5.73 Å². The van der Waals surface area contributed by atoms with Crippen LogP contribution in [0.3, 0.4) is 0 Å². The highest BCUT2D eigenvalue weighted by molar-refractivity contribution is 6.30. The van der Waals surface area contributed by atoms with Crippen molar-refractivity contribution in [3.05, 3.63) is 89.2 Å². The number of benzene rings is 3. The molecule has 0 aliphatic carbocycles. The Hall–Kier alpha value is -3.97. The first-order valence-electron chi connectivity index (χ1n) is 9.58. The lowest BCUT2D eigenvalue weighted by Crippen LogP contribution is -2.20. The maximum atomic E-state index is 13.1. The number of primary amides is 1. The van der Waals surface area contributed by atoms with Crippen molar-refractivity contribution in [3.63, 3.8) is 0 Å². The molecule has 1 heterocycles. The number of rotatable bonds is 6. The van der Waals surface area contributed by atoms with Crippen LogP contribution in [0.25, 0.3) is 22.2 Å². The minimum atomic E-state index is -0.622. The molecule has 0 aliphatic heterocycles. The monoisotopic (exact) mass is 449 g/mol. The molecule has 0 unspecified atom stereocenters. The first-order chi connectivity index (χ1) is 15.4. The largest absolute Gasteiger partial charge is 0.483 e. The van der Waals surface area contributed by atoms with Crippen molar-refractivity contribution in [2.45, 2.75) is 0 Å². The minimum absolute atomic E-state index is 0.313. The lowest BCUT2D eigenvalue weighted by Gasteiger charge is -2.13. The third-order valence-corrected chi connectivity index (χ3v) is 4.90. The Morgan fingerprint density at radius 2 is 1.72 bits per heavy atom. The van der Waals surface area contributed by atoms with Crippen molar-refractivity contribution >= 4 is 40.0 Å². The standard InChI is InChI=1S/C24H17ClFN3O3/c25-16-5-1-14(2-6-16)21-12-22(32-13-23(27)30)19-11-18(9-10-20(19)29-21)28-24(31)15-3-7-17(26)8-4-15/h1-12H,13H2,(H2,27,30)(H,28,31). The van der Waals surface area contributed by atoms with Crippen LogP contribution in [-0.4, -0.2) is 23.4 Å². The molecule has 0 saturated carbocycles. The zero-order valence-electron chi connectivity index (χ0n) is 16.6. The summed E-state index contributed by atoms with van der Waals surface area (Å²) >= 11 is 5.97. The molecule has 1 aromatic heterocycles. The fourth-order valence-corrected chi connectivity index (χ4v) is 3.24. The maximum Gasteiger partial charge on any atom is 0.255 e. The van der Waals surface area contributed by atoms with Crippen LogP contribution in [-0.2, 0) is 4.79 Å². The number of carbonyl (C=O) groups excluding carboxylic acids is 2. The third-order valence-electron chi connectivity index (χ3n) is 4.64. The van der Waals surface area contributed by atoms with E-state index in [0.717, 1.165) is 5.56 Å². The van der Waals surface area contributed by atoms with Crippen molar-refractivity contribution in [1.29, 1.82) is 0 Å². The maximum absolute atomic E-state index is 13.1. The highest BCUT2D eigenvalue weighted by Crippen LogP contribution is 2.32. The number of ether oxygens (including phenoxy) is 1. The number of hydrogen-bond donors (Lipinski definition) is 2. The molecule has 0 bridgehead atoms. The number of carbonyl (C=O) groups is 2. The topological polar surface area (TPSA) is 94.3 Å². The van der Waals surface area contributed by atoms with Crippen molar-refractivity contribution < 1.29 is 18.7 Å². The second-order valence-electron chi connectivity index (χ2n) is 6.96. The normalized spacial score (nSPS) is 10.7. The number of pyridine rings is 1. The number of anilines is 1. The van der Waals surface area contributed by atoms with E-state index in [-0.39, 0.29) is 6.61 Å². The van der Waals surface area contributed by atoms with Crippen LogP contribution in [0.5, 0.6) is 5.75 Å². The number of hydrogen-bond acceptors (Lipinski definition) is 4. The van der Waals surface area contributed by atoms with Gasteiger partial charge in [-0.05, 0) is 54.6 Å². The van der Waals surface area contributed by atoms with E-state index in [1.54, 1.807) is 36.4 Å². The van der Waals surface area contributed by atoms with E-state index in [2.05, 4.69) is 10.3 Å². The van der Waals surface area contributed by atoms with Gasteiger partial charge in [-0.15, -0.1) is 0 Å². The molecule has 3 N–H and O–H groups in total. The molecule has 4 rings (SSSR count). The van der Waals surface area contributed by atoms with E-state index in [9.17, 15) is 14.0 Å². The fraction of sp³-hybridized carbons (Fsp3) is 0.0417. The Labute approximate surface area is 187 Å². The number of nitrogens with one attached hydrogen (secondary N) is 1. The van der Waals surface area contributed by atoms with E-state index in [0.29, 0.717) is 38.6 Å². The number of fused-ring (bicyclic) bond motifs is 1. The zero-order valence-corrected chi connectivity index (χ0v) is 17.4. The molecule has 8 heteroatoms. The number of nitrogens with zero attached hydrogens (tertiary/aromatic N) is 1. The molecule has 6 nitrogen and oxygen atoms in total. The minimum Gasteiger partial charge on any atom is -0.483 e. The van der Waals surface area contributed by atoms with Gasteiger partial charge in [0.1, 0.15) is 11.6 Å². The molecular formula is C24H17ClFN3O3. The Kier molecular flexibility index (Phi) is 6.00. The summed E-state index contributed by atoms with van der Waals surface area (Å²) in [4.78, 5) is 28.4. The van der Waals surface area contributed by atoms with Crippen LogP contribution in [0.15, 0.2) is 72.8 Å². The Morgan fingerprint density at radius 1 is 1.00 bits per heavy atom. The van der Waals surface area contributed by atoms with Crippen LogP contribution in [0.2, 0.25) is 5.02 Å². The summed E-state index contributed by atoms with van der Waals surface area (Å²) in [6.45, 7) is -0.314. The predicted molar refractivity (Wildman–Crippen MR) is 121 cm³/mol. The van der Waals surface area contributed by atoms with Gasteiger partial charge in [0, 0.05) is 33.3 Å². The highest BCUT2D eigenvalue weighted by atomic mass is 35.5. The van der Waals surface area contributed by atoms with Crippen molar-refractivity contribution in [1.82, 2.24) is 4.98 Å². The number of halogens is 2. The summed E-state index contributed by atoms with van der Waals surface area (Å²) in [6.07, 6.45) is 0. The number of amides is 2.